The van der Waals surface area contributed by atoms with Crippen molar-refractivity contribution in [1.82, 2.24) is 0 Å². The van der Waals surface area contributed by atoms with E-state index in [0.29, 0.717) is 0 Å². The number of rotatable bonds is 3. The number of fused-ring (bicyclic) bond motifs is 11. The van der Waals surface area contributed by atoms with Crippen LogP contribution in [-0.4, -0.2) is 0 Å². The molecule has 10 aromatic rings. The summed E-state index contributed by atoms with van der Waals surface area (Å²) in [6.07, 6.45) is 0. The molecule has 2 aliphatic carbocycles. The van der Waals surface area contributed by atoms with Crippen molar-refractivity contribution in [3.63, 3.8) is 0 Å². The molecule has 57 heavy (non-hydrogen) atoms. The van der Waals surface area contributed by atoms with Crippen LogP contribution < -0.4 is 0 Å². The van der Waals surface area contributed by atoms with Gasteiger partial charge < -0.3 is 0 Å². The van der Waals surface area contributed by atoms with Gasteiger partial charge in [0.25, 0.3) is 0 Å². The summed E-state index contributed by atoms with van der Waals surface area (Å²) in [5, 5.41) is 7.80. The van der Waals surface area contributed by atoms with E-state index < -0.39 is 0 Å². The van der Waals surface area contributed by atoms with Gasteiger partial charge in [-0.1, -0.05) is 173 Å². The van der Waals surface area contributed by atoms with Gasteiger partial charge in [-0.25, -0.2) is 0 Å². The van der Waals surface area contributed by atoms with Crippen molar-refractivity contribution in [1.29, 1.82) is 0 Å². The highest BCUT2D eigenvalue weighted by Gasteiger charge is 2.36. The second kappa shape index (κ2) is 11.6. The largest absolute Gasteiger partial charge is 0.135 e. The molecule has 0 fully saturated rings. The fourth-order valence-electron chi connectivity index (χ4n) is 10.7. The molecule has 9 aromatic carbocycles. The van der Waals surface area contributed by atoms with Gasteiger partial charge in [0.05, 0.1) is 0 Å². The summed E-state index contributed by atoms with van der Waals surface area (Å²) in [4.78, 5) is 0. The molecule has 2 aliphatic rings. The summed E-state index contributed by atoms with van der Waals surface area (Å²) < 4.78 is 2.68. The molecule has 1 aromatic heterocycles. The van der Waals surface area contributed by atoms with E-state index in [4.69, 9.17) is 0 Å². The number of hydrogen-bond acceptors (Lipinski definition) is 1. The van der Waals surface area contributed by atoms with E-state index in [0.717, 1.165) is 0 Å². The minimum atomic E-state index is -0.0647. The highest BCUT2D eigenvalue weighted by atomic mass is 32.1. The van der Waals surface area contributed by atoms with Crippen molar-refractivity contribution in [2.75, 3.05) is 0 Å². The Morgan fingerprint density at radius 2 is 0.842 bits per heavy atom. The van der Waals surface area contributed by atoms with Crippen molar-refractivity contribution < 1.29 is 0 Å². The summed E-state index contributed by atoms with van der Waals surface area (Å²) in [5.74, 6) is 0. The van der Waals surface area contributed by atoms with E-state index in [1.54, 1.807) is 0 Å². The number of benzene rings is 9. The van der Waals surface area contributed by atoms with Crippen LogP contribution in [0.2, 0.25) is 0 Å². The van der Waals surface area contributed by atoms with E-state index in [-0.39, 0.29) is 10.8 Å². The first-order valence-corrected chi connectivity index (χ1v) is 21.0. The molecular weight excluding hydrogens is 705 g/mol. The molecule has 0 saturated heterocycles. The van der Waals surface area contributed by atoms with E-state index in [1.807, 2.05) is 11.3 Å². The molecule has 0 atom stereocenters. The Hall–Kier alpha value is -6.28. The lowest BCUT2D eigenvalue weighted by molar-refractivity contribution is 0.660. The van der Waals surface area contributed by atoms with Gasteiger partial charge in [-0.2, -0.15) is 0 Å². The lowest BCUT2D eigenvalue weighted by Gasteiger charge is -2.23. The van der Waals surface area contributed by atoms with Crippen LogP contribution in [0, 0.1) is 0 Å². The van der Waals surface area contributed by atoms with Crippen LogP contribution in [0.1, 0.15) is 49.9 Å². The van der Waals surface area contributed by atoms with Gasteiger partial charge >= 0.3 is 0 Å². The van der Waals surface area contributed by atoms with Crippen molar-refractivity contribution in [3.8, 4) is 55.6 Å². The first kappa shape index (κ1) is 32.9. The van der Waals surface area contributed by atoms with Gasteiger partial charge in [-0.05, 0) is 118 Å². The number of thiophene rings is 1. The van der Waals surface area contributed by atoms with Crippen molar-refractivity contribution in [3.05, 3.63) is 192 Å². The van der Waals surface area contributed by atoms with Gasteiger partial charge in [0.15, 0.2) is 0 Å². The summed E-state index contributed by atoms with van der Waals surface area (Å²) in [6, 6.07) is 64.5. The molecule has 0 amide bonds. The Morgan fingerprint density at radius 3 is 1.63 bits per heavy atom. The van der Waals surface area contributed by atoms with Crippen LogP contribution in [-0.2, 0) is 10.8 Å². The van der Waals surface area contributed by atoms with E-state index >= 15 is 0 Å². The van der Waals surface area contributed by atoms with Crippen molar-refractivity contribution in [2.45, 2.75) is 38.5 Å². The molecule has 0 spiro atoms. The summed E-state index contributed by atoms with van der Waals surface area (Å²) in [6.45, 7) is 9.49. The number of hydrogen-bond donors (Lipinski definition) is 0. The molecule has 0 N–H and O–H groups in total. The molecule has 1 heteroatoms. The Morgan fingerprint density at radius 1 is 0.316 bits per heavy atom. The SMILES string of the molecule is CC1(C)c2ccccc2-c2cc(-c3c4ccccc4c(-c4cccc5c4sc4ccccc45)c4ccc(-c5ccc6c(c5)C(C)(C)c5ccccc5-6)cc34)ccc21. The predicted molar refractivity (Wildman–Crippen MR) is 246 cm³/mol. The normalized spacial score (nSPS) is 14.6. The molecule has 0 unspecified atom stereocenters. The van der Waals surface area contributed by atoms with Gasteiger partial charge in [-0.15, -0.1) is 11.3 Å². The fourth-order valence-corrected chi connectivity index (χ4v) is 11.9. The summed E-state index contributed by atoms with van der Waals surface area (Å²) in [7, 11) is 0. The molecular formula is C56H40S. The van der Waals surface area contributed by atoms with E-state index in [9.17, 15) is 0 Å². The lowest BCUT2D eigenvalue weighted by Crippen LogP contribution is -2.14. The third-order valence-electron chi connectivity index (χ3n) is 13.5. The third kappa shape index (κ3) is 4.49. The highest BCUT2D eigenvalue weighted by molar-refractivity contribution is 7.26. The zero-order valence-corrected chi connectivity index (χ0v) is 33.4. The maximum absolute atomic E-state index is 2.49. The molecule has 12 rings (SSSR count). The Labute approximate surface area is 337 Å². The van der Waals surface area contributed by atoms with Crippen LogP contribution in [0.3, 0.4) is 0 Å². The lowest BCUT2D eigenvalue weighted by atomic mass is 9.80. The van der Waals surface area contributed by atoms with Crippen LogP contribution in [0.25, 0.3) is 97.4 Å². The fraction of sp³-hybridized carbons (Fsp3) is 0.107. The molecule has 1 heterocycles. The molecule has 0 bridgehead atoms. The Balaban J connectivity index is 1.17. The van der Waals surface area contributed by atoms with E-state index in [2.05, 4.69) is 198 Å². The van der Waals surface area contributed by atoms with Crippen LogP contribution in [0.4, 0.5) is 0 Å². The first-order valence-electron chi connectivity index (χ1n) is 20.2. The van der Waals surface area contributed by atoms with Crippen LogP contribution in [0.15, 0.2) is 170 Å². The zero-order valence-electron chi connectivity index (χ0n) is 32.6. The molecule has 0 radical (unpaired) electrons. The maximum atomic E-state index is 2.49. The molecule has 270 valence electrons. The topological polar surface area (TPSA) is 0 Å². The van der Waals surface area contributed by atoms with Crippen molar-refractivity contribution >= 4 is 53.1 Å². The maximum Gasteiger partial charge on any atom is 0.0434 e. The van der Waals surface area contributed by atoms with Crippen molar-refractivity contribution in [2.24, 2.45) is 0 Å². The minimum Gasteiger partial charge on any atom is -0.135 e. The molecule has 0 nitrogen and oxygen atoms in total. The van der Waals surface area contributed by atoms with Gasteiger partial charge in [-0.3, -0.25) is 0 Å². The van der Waals surface area contributed by atoms with Crippen LogP contribution >= 0.6 is 11.3 Å². The van der Waals surface area contributed by atoms with Crippen LogP contribution in [0.5, 0.6) is 0 Å². The zero-order chi connectivity index (χ0) is 38.2. The average Bonchev–Trinajstić information content (AvgIpc) is 3.82. The monoisotopic (exact) mass is 744 g/mol. The van der Waals surface area contributed by atoms with Gasteiger partial charge in [0.1, 0.15) is 0 Å². The highest BCUT2D eigenvalue weighted by Crippen LogP contribution is 2.54. The summed E-state index contributed by atoms with van der Waals surface area (Å²) in [5.41, 5.74) is 18.6. The molecule has 0 aliphatic heterocycles. The Kier molecular flexibility index (Phi) is 6.72. The predicted octanol–water partition coefficient (Wildman–Crippen LogP) is 16.0. The first-order chi connectivity index (χ1) is 27.8. The Bertz CT molecular complexity index is 3350. The minimum absolute atomic E-state index is 0.0461. The standard InChI is InChI=1S/C56H40S/c1-55(2)48-22-11-8-15-37(48)45-31-35(26-29-49(45)55)52-40-17-5-6-18-41(40)53(44-20-13-19-43-39-16-9-12-23-51(39)57-54(43)44)42-28-25-33(30-46(42)52)34-24-27-38-36-14-7-10-21-47(36)56(3,4)50(38)32-34/h5-32H,1-4H3. The quantitative estimate of drug-likeness (QED) is 0.158. The van der Waals surface area contributed by atoms with Gasteiger partial charge in [0.2, 0.25) is 0 Å². The third-order valence-corrected chi connectivity index (χ3v) is 14.7. The van der Waals surface area contributed by atoms with Gasteiger partial charge in [0, 0.05) is 36.6 Å². The smallest absolute Gasteiger partial charge is 0.0434 e. The average molecular weight is 745 g/mol. The molecule has 0 saturated carbocycles. The second-order valence-electron chi connectivity index (χ2n) is 17.2. The summed E-state index contributed by atoms with van der Waals surface area (Å²) >= 11 is 1.91. The second-order valence-corrected chi connectivity index (χ2v) is 18.3. The van der Waals surface area contributed by atoms with E-state index in [1.165, 1.54) is 120 Å².